The number of fused-ring (bicyclic) bond motifs is 1. The van der Waals surface area contributed by atoms with E-state index >= 15 is 0 Å². The standard InChI is InChI=1S/C17H16N2O/c1-11-6-7-13(12(2)10-11)17(20)14-4-3-5-15-16(14)19-9-8-18-15/h3-10,17,20H,1-2H3. The largest absolute Gasteiger partial charge is 0.384 e. The van der Waals surface area contributed by atoms with E-state index in [-0.39, 0.29) is 0 Å². The van der Waals surface area contributed by atoms with E-state index in [1.54, 1.807) is 12.4 Å². The fourth-order valence-corrected chi connectivity index (χ4v) is 2.54. The molecule has 0 radical (unpaired) electrons. The summed E-state index contributed by atoms with van der Waals surface area (Å²) in [6, 6.07) is 11.8. The molecule has 20 heavy (non-hydrogen) atoms. The first-order valence-electron chi connectivity index (χ1n) is 6.61. The number of benzene rings is 2. The van der Waals surface area contributed by atoms with E-state index in [1.807, 2.05) is 44.2 Å². The third kappa shape index (κ3) is 2.17. The predicted molar refractivity (Wildman–Crippen MR) is 79.5 cm³/mol. The van der Waals surface area contributed by atoms with Gasteiger partial charge in [0.1, 0.15) is 6.10 Å². The molecule has 0 aliphatic heterocycles. The summed E-state index contributed by atoms with van der Waals surface area (Å²) in [7, 11) is 0. The molecular weight excluding hydrogens is 248 g/mol. The molecular formula is C17H16N2O. The molecule has 1 aromatic heterocycles. The third-order valence-electron chi connectivity index (χ3n) is 3.54. The summed E-state index contributed by atoms with van der Waals surface area (Å²) in [5.41, 5.74) is 5.53. The topological polar surface area (TPSA) is 46.0 Å². The summed E-state index contributed by atoms with van der Waals surface area (Å²) in [6.07, 6.45) is 2.63. The highest BCUT2D eigenvalue weighted by Gasteiger charge is 2.16. The summed E-state index contributed by atoms with van der Waals surface area (Å²) >= 11 is 0. The van der Waals surface area contributed by atoms with Crippen LogP contribution in [0.15, 0.2) is 48.8 Å². The van der Waals surface area contributed by atoms with Crippen LogP contribution in [0.4, 0.5) is 0 Å². The Morgan fingerprint density at radius 2 is 1.75 bits per heavy atom. The van der Waals surface area contributed by atoms with Crippen LogP contribution in [0.1, 0.15) is 28.4 Å². The van der Waals surface area contributed by atoms with Crippen LogP contribution in [-0.2, 0) is 0 Å². The zero-order valence-electron chi connectivity index (χ0n) is 11.5. The van der Waals surface area contributed by atoms with Gasteiger partial charge in [-0.3, -0.25) is 9.97 Å². The quantitative estimate of drug-likeness (QED) is 0.772. The summed E-state index contributed by atoms with van der Waals surface area (Å²) in [5, 5.41) is 10.7. The maximum atomic E-state index is 10.7. The van der Waals surface area contributed by atoms with E-state index in [9.17, 15) is 5.11 Å². The van der Waals surface area contributed by atoms with Crippen molar-refractivity contribution < 1.29 is 5.11 Å². The molecule has 0 saturated heterocycles. The van der Waals surface area contributed by atoms with Crippen LogP contribution in [0.5, 0.6) is 0 Å². The molecule has 3 heteroatoms. The maximum Gasteiger partial charge on any atom is 0.106 e. The molecule has 0 saturated carbocycles. The van der Waals surface area contributed by atoms with Crippen LogP contribution in [0.3, 0.4) is 0 Å². The van der Waals surface area contributed by atoms with Gasteiger partial charge in [0, 0.05) is 18.0 Å². The first-order valence-corrected chi connectivity index (χ1v) is 6.61. The van der Waals surface area contributed by atoms with Crippen molar-refractivity contribution in [2.24, 2.45) is 0 Å². The van der Waals surface area contributed by atoms with Crippen LogP contribution in [0.25, 0.3) is 11.0 Å². The Morgan fingerprint density at radius 3 is 2.55 bits per heavy atom. The summed E-state index contributed by atoms with van der Waals surface area (Å²) in [6.45, 7) is 4.06. The Morgan fingerprint density at radius 1 is 0.950 bits per heavy atom. The second-order valence-corrected chi connectivity index (χ2v) is 5.03. The fraction of sp³-hybridized carbons (Fsp3) is 0.176. The second-order valence-electron chi connectivity index (χ2n) is 5.03. The number of para-hydroxylation sites is 1. The van der Waals surface area contributed by atoms with Gasteiger partial charge in [0.2, 0.25) is 0 Å². The van der Waals surface area contributed by atoms with Gasteiger partial charge in [0.15, 0.2) is 0 Å². The van der Waals surface area contributed by atoms with Crippen LogP contribution in [0.2, 0.25) is 0 Å². The van der Waals surface area contributed by atoms with E-state index in [4.69, 9.17) is 0 Å². The van der Waals surface area contributed by atoms with Gasteiger partial charge in [-0.1, -0.05) is 35.9 Å². The lowest BCUT2D eigenvalue weighted by Crippen LogP contribution is -2.04. The van der Waals surface area contributed by atoms with Crippen molar-refractivity contribution in [3.63, 3.8) is 0 Å². The first-order chi connectivity index (χ1) is 9.66. The monoisotopic (exact) mass is 264 g/mol. The molecule has 1 N–H and O–H groups in total. The average molecular weight is 264 g/mol. The van der Waals surface area contributed by atoms with Gasteiger partial charge in [-0.2, -0.15) is 0 Å². The van der Waals surface area contributed by atoms with E-state index in [0.29, 0.717) is 0 Å². The number of aryl methyl sites for hydroxylation is 2. The minimum Gasteiger partial charge on any atom is -0.384 e. The zero-order chi connectivity index (χ0) is 14.1. The molecule has 0 aliphatic rings. The summed E-state index contributed by atoms with van der Waals surface area (Å²) < 4.78 is 0. The lowest BCUT2D eigenvalue weighted by molar-refractivity contribution is 0.221. The number of hydrogen-bond acceptors (Lipinski definition) is 3. The number of nitrogens with zero attached hydrogens (tertiary/aromatic N) is 2. The molecule has 1 unspecified atom stereocenters. The number of rotatable bonds is 2. The molecule has 0 bridgehead atoms. The Labute approximate surface area is 117 Å². The van der Waals surface area contributed by atoms with E-state index < -0.39 is 6.10 Å². The fourth-order valence-electron chi connectivity index (χ4n) is 2.54. The van der Waals surface area contributed by atoms with Crippen molar-refractivity contribution in [1.82, 2.24) is 9.97 Å². The van der Waals surface area contributed by atoms with E-state index in [2.05, 4.69) is 16.0 Å². The van der Waals surface area contributed by atoms with Gasteiger partial charge in [-0.05, 0) is 31.0 Å². The molecule has 3 aromatic rings. The minimum atomic E-state index is -0.684. The number of aliphatic hydroxyl groups excluding tert-OH is 1. The van der Waals surface area contributed by atoms with Crippen LogP contribution in [-0.4, -0.2) is 15.1 Å². The molecule has 3 rings (SSSR count). The normalized spacial score (nSPS) is 12.6. The molecule has 1 atom stereocenters. The maximum absolute atomic E-state index is 10.7. The Balaban J connectivity index is 2.15. The SMILES string of the molecule is Cc1ccc(C(O)c2cccc3nccnc23)c(C)c1. The smallest absolute Gasteiger partial charge is 0.106 e. The Bertz CT molecular complexity index is 763. The van der Waals surface area contributed by atoms with Crippen molar-refractivity contribution in [3.8, 4) is 0 Å². The van der Waals surface area contributed by atoms with Gasteiger partial charge < -0.3 is 5.11 Å². The number of aromatic nitrogens is 2. The van der Waals surface area contributed by atoms with Gasteiger partial charge in [-0.25, -0.2) is 0 Å². The van der Waals surface area contributed by atoms with Gasteiger partial charge >= 0.3 is 0 Å². The molecule has 100 valence electrons. The van der Waals surface area contributed by atoms with E-state index in [0.717, 1.165) is 27.7 Å². The van der Waals surface area contributed by atoms with E-state index in [1.165, 1.54) is 5.56 Å². The Kier molecular flexibility index (Phi) is 3.20. The molecule has 0 spiro atoms. The van der Waals surface area contributed by atoms with Crippen LogP contribution < -0.4 is 0 Å². The highest BCUT2D eigenvalue weighted by atomic mass is 16.3. The average Bonchev–Trinajstić information content (AvgIpc) is 2.46. The van der Waals surface area contributed by atoms with Crippen molar-refractivity contribution in [1.29, 1.82) is 0 Å². The minimum absolute atomic E-state index is 0.684. The van der Waals surface area contributed by atoms with Gasteiger partial charge in [0.05, 0.1) is 11.0 Å². The lowest BCUT2D eigenvalue weighted by Gasteiger charge is -2.16. The molecule has 0 fully saturated rings. The van der Waals surface area contributed by atoms with Crippen LogP contribution >= 0.6 is 0 Å². The molecule has 0 amide bonds. The van der Waals surface area contributed by atoms with Crippen molar-refractivity contribution >= 4 is 11.0 Å². The van der Waals surface area contributed by atoms with Gasteiger partial charge in [-0.15, -0.1) is 0 Å². The molecule has 1 heterocycles. The Hall–Kier alpha value is -2.26. The third-order valence-corrected chi connectivity index (χ3v) is 3.54. The summed E-state index contributed by atoms with van der Waals surface area (Å²) in [5.74, 6) is 0. The van der Waals surface area contributed by atoms with Crippen molar-refractivity contribution in [2.45, 2.75) is 20.0 Å². The van der Waals surface area contributed by atoms with Gasteiger partial charge in [0.25, 0.3) is 0 Å². The second kappa shape index (κ2) is 5.02. The molecule has 0 aliphatic carbocycles. The highest BCUT2D eigenvalue weighted by Crippen LogP contribution is 2.29. The zero-order valence-corrected chi connectivity index (χ0v) is 11.5. The first kappa shape index (κ1) is 12.8. The summed E-state index contributed by atoms with van der Waals surface area (Å²) in [4.78, 5) is 8.63. The molecule has 2 aromatic carbocycles. The van der Waals surface area contributed by atoms with Crippen LogP contribution in [0, 0.1) is 13.8 Å². The number of hydrogen-bond donors (Lipinski definition) is 1. The molecule has 3 nitrogen and oxygen atoms in total. The lowest BCUT2D eigenvalue weighted by atomic mass is 9.95. The number of aliphatic hydroxyl groups is 1. The van der Waals surface area contributed by atoms with Crippen molar-refractivity contribution in [2.75, 3.05) is 0 Å². The predicted octanol–water partition coefficient (Wildman–Crippen LogP) is 3.33. The highest BCUT2D eigenvalue weighted by molar-refractivity contribution is 5.78. The van der Waals surface area contributed by atoms with Crippen molar-refractivity contribution in [3.05, 3.63) is 71.0 Å².